The van der Waals surface area contributed by atoms with Crippen LogP contribution in [0.15, 0.2) is 22.7 Å². The highest BCUT2D eigenvalue weighted by molar-refractivity contribution is 9.10. The van der Waals surface area contributed by atoms with Crippen LogP contribution in [0.1, 0.15) is 32.3 Å². The molecule has 0 amide bonds. The quantitative estimate of drug-likeness (QED) is 0.848. The van der Waals surface area contributed by atoms with Gasteiger partial charge in [0.2, 0.25) is 0 Å². The second-order valence-corrected chi connectivity index (χ2v) is 7.63. The number of carbonyl (C=O) groups is 1. The van der Waals surface area contributed by atoms with E-state index < -0.39 is 11.4 Å². The van der Waals surface area contributed by atoms with E-state index in [1.165, 1.54) is 0 Å². The predicted octanol–water partition coefficient (Wildman–Crippen LogP) is 4.43. The Bertz CT molecular complexity index is 533. The Morgan fingerprint density at radius 1 is 1.52 bits per heavy atom. The average Bonchev–Trinajstić information content (AvgIpc) is 2.43. The Kier molecular flexibility index (Phi) is 5.33. The van der Waals surface area contributed by atoms with Crippen molar-refractivity contribution in [1.82, 2.24) is 4.90 Å². The maximum Gasteiger partial charge on any atom is 0.309 e. The van der Waals surface area contributed by atoms with Gasteiger partial charge in [0.05, 0.1) is 5.41 Å². The summed E-state index contributed by atoms with van der Waals surface area (Å²) in [5.74, 6) is -0.528. The summed E-state index contributed by atoms with van der Waals surface area (Å²) in [5.41, 5.74) is 0.473. The van der Waals surface area contributed by atoms with Crippen LogP contribution >= 0.6 is 27.5 Å². The second kappa shape index (κ2) is 6.67. The van der Waals surface area contributed by atoms with Crippen molar-refractivity contribution in [3.63, 3.8) is 0 Å². The first-order valence-electron chi connectivity index (χ1n) is 7.20. The molecule has 1 heterocycles. The summed E-state index contributed by atoms with van der Waals surface area (Å²) < 4.78 is 1.05. The molecule has 1 saturated heterocycles. The van der Waals surface area contributed by atoms with E-state index in [2.05, 4.69) is 20.8 Å². The highest BCUT2D eigenvalue weighted by Gasteiger charge is 2.39. The summed E-state index contributed by atoms with van der Waals surface area (Å²) in [6.07, 6.45) is 2.02. The molecule has 1 aromatic rings. The minimum absolute atomic E-state index is 0.182. The molecule has 1 aliphatic rings. The maximum absolute atomic E-state index is 11.4. The minimum atomic E-state index is -0.710. The standard InChI is InChI=1S/C16H21BrClNO2/c1-16(2,15(20)21)12-4-3-7-19(10-12)9-11-8-13(18)5-6-14(11)17/h5-6,8,12H,3-4,7,9-10H2,1-2H3,(H,20,21). The van der Waals surface area contributed by atoms with Crippen LogP contribution in [-0.4, -0.2) is 29.1 Å². The van der Waals surface area contributed by atoms with E-state index in [1.54, 1.807) is 0 Å². The molecule has 3 nitrogen and oxygen atoms in total. The van der Waals surface area contributed by atoms with E-state index in [0.717, 1.165) is 47.5 Å². The molecule has 5 heteroatoms. The Hall–Kier alpha value is -0.580. The van der Waals surface area contributed by atoms with Gasteiger partial charge >= 0.3 is 5.97 Å². The van der Waals surface area contributed by atoms with Crippen molar-refractivity contribution in [2.45, 2.75) is 33.2 Å². The molecule has 0 aromatic heterocycles. The van der Waals surface area contributed by atoms with Crippen LogP contribution in [0.25, 0.3) is 0 Å². The van der Waals surface area contributed by atoms with Gasteiger partial charge in [-0.25, -0.2) is 0 Å². The van der Waals surface area contributed by atoms with Crippen LogP contribution in [0.2, 0.25) is 5.02 Å². The average molecular weight is 375 g/mol. The topological polar surface area (TPSA) is 40.5 Å². The molecule has 1 fully saturated rings. The normalized spacial score (nSPS) is 20.5. The smallest absolute Gasteiger partial charge is 0.309 e. The van der Waals surface area contributed by atoms with Crippen molar-refractivity contribution >= 4 is 33.5 Å². The van der Waals surface area contributed by atoms with Gasteiger partial charge in [-0.15, -0.1) is 0 Å². The molecule has 0 aliphatic carbocycles. The zero-order valence-corrected chi connectivity index (χ0v) is 14.7. The van der Waals surface area contributed by atoms with Crippen molar-refractivity contribution in [1.29, 1.82) is 0 Å². The lowest BCUT2D eigenvalue weighted by atomic mass is 9.74. The molecular weight excluding hydrogens is 354 g/mol. The molecule has 1 N–H and O–H groups in total. The number of piperidine rings is 1. The third kappa shape index (κ3) is 3.99. The number of nitrogens with zero attached hydrogens (tertiary/aromatic N) is 1. The van der Waals surface area contributed by atoms with Gasteiger partial charge in [-0.3, -0.25) is 9.69 Å². The molecule has 0 saturated carbocycles. The van der Waals surface area contributed by atoms with E-state index in [0.29, 0.717) is 0 Å². The SMILES string of the molecule is CC(C)(C(=O)O)C1CCCN(Cc2cc(Cl)ccc2Br)C1. The molecule has 1 aromatic carbocycles. The summed E-state index contributed by atoms with van der Waals surface area (Å²) in [6, 6.07) is 5.79. The van der Waals surface area contributed by atoms with Crippen molar-refractivity contribution in [3.8, 4) is 0 Å². The molecule has 0 bridgehead atoms. The number of hydrogen-bond acceptors (Lipinski definition) is 2. The monoisotopic (exact) mass is 373 g/mol. The number of carboxylic acids is 1. The van der Waals surface area contributed by atoms with Gasteiger partial charge in [-0.05, 0) is 62.9 Å². The van der Waals surface area contributed by atoms with E-state index >= 15 is 0 Å². The summed E-state index contributed by atoms with van der Waals surface area (Å²) in [6.45, 7) is 6.29. The minimum Gasteiger partial charge on any atom is -0.481 e. The molecule has 116 valence electrons. The van der Waals surface area contributed by atoms with Gasteiger partial charge in [0.1, 0.15) is 0 Å². The first-order valence-corrected chi connectivity index (χ1v) is 8.37. The van der Waals surface area contributed by atoms with E-state index in [-0.39, 0.29) is 5.92 Å². The number of rotatable bonds is 4. The molecular formula is C16H21BrClNO2. The van der Waals surface area contributed by atoms with Gasteiger partial charge in [-0.2, -0.15) is 0 Å². The largest absolute Gasteiger partial charge is 0.481 e. The lowest BCUT2D eigenvalue weighted by Gasteiger charge is -2.39. The fourth-order valence-electron chi connectivity index (χ4n) is 2.87. The zero-order valence-electron chi connectivity index (χ0n) is 12.4. The van der Waals surface area contributed by atoms with Crippen molar-refractivity contribution in [2.75, 3.05) is 13.1 Å². The number of likely N-dealkylation sites (tertiary alicyclic amines) is 1. The van der Waals surface area contributed by atoms with Crippen LogP contribution in [0.3, 0.4) is 0 Å². The number of aliphatic carboxylic acids is 1. The summed E-state index contributed by atoms with van der Waals surface area (Å²) in [5, 5.41) is 10.1. The van der Waals surface area contributed by atoms with E-state index in [4.69, 9.17) is 11.6 Å². The fraction of sp³-hybridized carbons (Fsp3) is 0.562. The third-order valence-electron chi connectivity index (χ3n) is 4.48. The van der Waals surface area contributed by atoms with Crippen molar-refractivity contribution in [2.24, 2.45) is 11.3 Å². The molecule has 2 rings (SSSR count). The lowest BCUT2D eigenvalue weighted by Crippen LogP contribution is -2.44. The van der Waals surface area contributed by atoms with Crippen LogP contribution in [-0.2, 0) is 11.3 Å². The van der Waals surface area contributed by atoms with Crippen LogP contribution < -0.4 is 0 Å². The summed E-state index contributed by atoms with van der Waals surface area (Å²) in [4.78, 5) is 13.8. The molecule has 1 atom stereocenters. The number of carboxylic acid groups (broad SMARTS) is 1. The molecule has 1 aliphatic heterocycles. The number of hydrogen-bond donors (Lipinski definition) is 1. The summed E-state index contributed by atoms with van der Waals surface area (Å²) in [7, 11) is 0. The Labute approximate surface area is 139 Å². The number of benzene rings is 1. The molecule has 0 radical (unpaired) electrons. The van der Waals surface area contributed by atoms with Crippen LogP contribution in [0.4, 0.5) is 0 Å². The second-order valence-electron chi connectivity index (χ2n) is 6.34. The Balaban J connectivity index is 2.08. The number of halogens is 2. The maximum atomic E-state index is 11.4. The summed E-state index contributed by atoms with van der Waals surface area (Å²) >= 11 is 9.62. The van der Waals surface area contributed by atoms with Gasteiger partial charge in [0.15, 0.2) is 0 Å². The van der Waals surface area contributed by atoms with Crippen molar-refractivity contribution in [3.05, 3.63) is 33.3 Å². The van der Waals surface area contributed by atoms with Gasteiger partial charge < -0.3 is 5.11 Å². The predicted molar refractivity (Wildman–Crippen MR) is 88.6 cm³/mol. The van der Waals surface area contributed by atoms with Crippen LogP contribution in [0, 0.1) is 11.3 Å². The third-order valence-corrected chi connectivity index (χ3v) is 5.49. The molecule has 21 heavy (non-hydrogen) atoms. The van der Waals surface area contributed by atoms with E-state index in [1.807, 2.05) is 32.0 Å². The molecule has 0 spiro atoms. The zero-order chi connectivity index (χ0) is 15.6. The highest BCUT2D eigenvalue weighted by atomic mass is 79.9. The van der Waals surface area contributed by atoms with Crippen LogP contribution in [0.5, 0.6) is 0 Å². The Morgan fingerprint density at radius 2 is 2.24 bits per heavy atom. The van der Waals surface area contributed by atoms with Gasteiger partial charge in [0.25, 0.3) is 0 Å². The molecule has 1 unspecified atom stereocenters. The fourth-order valence-corrected chi connectivity index (χ4v) is 3.43. The highest BCUT2D eigenvalue weighted by Crippen LogP contribution is 2.35. The lowest BCUT2D eigenvalue weighted by molar-refractivity contribution is -0.151. The van der Waals surface area contributed by atoms with Gasteiger partial charge in [-0.1, -0.05) is 27.5 Å². The van der Waals surface area contributed by atoms with E-state index in [9.17, 15) is 9.90 Å². The first kappa shape index (κ1) is 16.8. The van der Waals surface area contributed by atoms with Gasteiger partial charge in [0, 0.05) is 22.6 Å². The Morgan fingerprint density at radius 3 is 2.90 bits per heavy atom. The first-order chi connectivity index (χ1) is 9.80. The van der Waals surface area contributed by atoms with Crippen molar-refractivity contribution < 1.29 is 9.90 Å².